The van der Waals surface area contributed by atoms with Gasteiger partial charge >= 0.3 is 0 Å². The van der Waals surface area contributed by atoms with Gasteiger partial charge in [0.15, 0.2) is 0 Å². The summed E-state index contributed by atoms with van der Waals surface area (Å²) < 4.78 is 0. The highest BCUT2D eigenvalue weighted by Crippen LogP contribution is 2.47. The second kappa shape index (κ2) is 9.17. The molecule has 1 saturated carbocycles. The lowest BCUT2D eigenvalue weighted by molar-refractivity contribution is -0.385. The van der Waals surface area contributed by atoms with Gasteiger partial charge in [-0.05, 0) is 36.1 Å². The van der Waals surface area contributed by atoms with Gasteiger partial charge in [-0.2, -0.15) is 5.10 Å². The first-order valence-electron chi connectivity index (χ1n) is 10.0. The zero-order chi connectivity index (χ0) is 21.6. The summed E-state index contributed by atoms with van der Waals surface area (Å²) in [5.74, 6) is 0.00262. The first-order valence-corrected chi connectivity index (χ1v) is 10.0. The lowest BCUT2D eigenvalue weighted by Crippen LogP contribution is -2.21. The maximum absolute atomic E-state index is 12.6. The van der Waals surface area contributed by atoms with Crippen LogP contribution < -0.4 is 5.43 Å². The van der Waals surface area contributed by atoms with E-state index in [9.17, 15) is 14.9 Å². The van der Waals surface area contributed by atoms with E-state index >= 15 is 0 Å². The molecule has 0 aliphatic heterocycles. The number of hydrogen-bond donors (Lipinski definition) is 1. The van der Waals surface area contributed by atoms with Gasteiger partial charge in [0.25, 0.3) is 5.69 Å². The van der Waals surface area contributed by atoms with E-state index in [2.05, 4.69) is 10.5 Å². The molecule has 1 aliphatic carbocycles. The Morgan fingerprint density at radius 3 is 2.32 bits per heavy atom. The van der Waals surface area contributed by atoms with Crippen molar-refractivity contribution in [1.82, 2.24) is 5.43 Å². The lowest BCUT2D eigenvalue weighted by atomic mass is 10.1. The highest BCUT2D eigenvalue weighted by molar-refractivity contribution is 6.11. The minimum atomic E-state index is -0.419. The van der Waals surface area contributed by atoms with E-state index in [0.29, 0.717) is 11.3 Å². The molecule has 0 saturated heterocycles. The molecule has 31 heavy (non-hydrogen) atoms. The predicted octanol–water partition coefficient (Wildman–Crippen LogP) is 4.93. The zero-order valence-corrected chi connectivity index (χ0v) is 16.7. The maximum atomic E-state index is 12.6. The molecule has 1 amide bonds. The van der Waals surface area contributed by atoms with Gasteiger partial charge in [-0.1, -0.05) is 72.8 Å². The van der Waals surface area contributed by atoms with Gasteiger partial charge in [-0.25, -0.2) is 5.43 Å². The van der Waals surface area contributed by atoms with Gasteiger partial charge in [-0.15, -0.1) is 0 Å². The average Bonchev–Trinajstić information content (AvgIpc) is 3.61. The summed E-state index contributed by atoms with van der Waals surface area (Å²) >= 11 is 0. The third kappa shape index (κ3) is 4.93. The van der Waals surface area contributed by atoms with Crippen LogP contribution in [-0.2, 0) is 4.79 Å². The molecule has 3 aromatic carbocycles. The van der Waals surface area contributed by atoms with Crippen LogP contribution in [0.2, 0.25) is 0 Å². The second-order valence-corrected chi connectivity index (χ2v) is 7.35. The van der Waals surface area contributed by atoms with Crippen molar-refractivity contribution < 1.29 is 9.72 Å². The van der Waals surface area contributed by atoms with Crippen LogP contribution in [0.25, 0.3) is 6.08 Å². The van der Waals surface area contributed by atoms with Crippen LogP contribution in [0, 0.1) is 16.0 Å². The number of nitro benzene ring substituents is 1. The van der Waals surface area contributed by atoms with Crippen LogP contribution in [0.5, 0.6) is 0 Å². The number of para-hydroxylation sites is 1. The van der Waals surface area contributed by atoms with E-state index in [4.69, 9.17) is 0 Å². The van der Waals surface area contributed by atoms with E-state index in [1.807, 2.05) is 60.7 Å². The Morgan fingerprint density at radius 2 is 1.61 bits per heavy atom. The molecule has 0 aromatic heterocycles. The molecule has 0 heterocycles. The fourth-order valence-corrected chi connectivity index (χ4v) is 3.52. The van der Waals surface area contributed by atoms with Crippen molar-refractivity contribution in [3.05, 3.63) is 118 Å². The van der Waals surface area contributed by atoms with E-state index in [-0.39, 0.29) is 23.4 Å². The number of carbonyl (C=O) groups is 1. The number of nitrogens with zero attached hydrogens (tertiary/aromatic N) is 2. The van der Waals surface area contributed by atoms with Gasteiger partial charge in [0.1, 0.15) is 0 Å². The van der Waals surface area contributed by atoms with Crippen molar-refractivity contribution in [2.45, 2.75) is 12.3 Å². The minimum absolute atomic E-state index is 0.0129. The number of allylic oxidation sites excluding steroid dienone is 1. The molecule has 2 atom stereocenters. The number of nitrogens with one attached hydrogen (secondary N) is 1. The molecule has 6 heteroatoms. The van der Waals surface area contributed by atoms with Crippen molar-refractivity contribution >= 4 is 23.4 Å². The molecular weight excluding hydrogens is 390 g/mol. The molecule has 0 radical (unpaired) electrons. The minimum Gasteiger partial charge on any atom is -0.273 e. The molecule has 0 bridgehead atoms. The van der Waals surface area contributed by atoms with Crippen LogP contribution >= 0.6 is 0 Å². The van der Waals surface area contributed by atoms with Gasteiger partial charge in [0.05, 0.1) is 16.2 Å². The van der Waals surface area contributed by atoms with E-state index < -0.39 is 4.92 Å². The lowest BCUT2D eigenvalue weighted by Gasteiger charge is -2.04. The molecule has 154 valence electrons. The van der Waals surface area contributed by atoms with Crippen molar-refractivity contribution in [1.29, 1.82) is 0 Å². The average molecular weight is 411 g/mol. The normalized spacial score (nSPS) is 18.0. The largest absolute Gasteiger partial charge is 0.276 e. The third-order valence-corrected chi connectivity index (χ3v) is 5.27. The topological polar surface area (TPSA) is 84.6 Å². The fourth-order valence-electron chi connectivity index (χ4n) is 3.52. The molecular formula is C25H21N3O3. The molecule has 0 spiro atoms. The van der Waals surface area contributed by atoms with Crippen molar-refractivity contribution in [3.8, 4) is 0 Å². The third-order valence-electron chi connectivity index (χ3n) is 5.27. The Bertz CT molecular complexity index is 1140. The quantitative estimate of drug-likeness (QED) is 0.340. The van der Waals surface area contributed by atoms with E-state index in [1.54, 1.807) is 30.4 Å². The predicted molar refractivity (Wildman–Crippen MR) is 121 cm³/mol. The first kappa shape index (κ1) is 20.2. The number of hydrogen-bond acceptors (Lipinski definition) is 4. The zero-order valence-electron chi connectivity index (χ0n) is 16.7. The van der Waals surface area contributed by atoms with Gasteiger partial charge in [0, 0.05) is 17.5 Å². The number of carbonyl (C=O) groups excluding carboxylic acids is 1. The SMILES string of the molecule is O=C(N/N=C(/C=C/c1ccccc1[N+](=O)[O-])c1ccccc1)C1CC1c1ccccc1. The monoisotopic (exact) mass is 411 g/mol. The van der Waals surface area contributed by atoms with E-state index in [1.165, 1.54) is 6.07 Å². The summed E-state index contributed by atoms with van der Waals surface area (Å²) in [5, 5.41) is 15.6. The Kier molecular flexibility index (Phi) is 5.98. The maximum Gasteiger partial charge on any atom is 0.276 e. The van der Waals surface area contributed by atoms with Gasteiger partial charge < -0.3 is 0 Å². The summed E-state index contributed by atoms with van der Waals surface area (Å²) in [4.78, 5) is 23.5. The van der Waals surface area contributed by atoms with Crippen LogP contribution in [0.4, 0.5) is 5.69 Å². The Morgan fingerprint density at radius 1 is 0.968 bits per heavy atom. The number of hydrazone groups is 1. The van der Waals surface area contributed by atoms with Crippen LogP contribution in [0.1, 0.15) is 29.0 Å². The molecule has 3 aromatic rings. The van der Waals surface area contributed by atoms with Crippen LogP contribution in [0.15, 0.2) is 96.1 Å². The Labute approximate surface area is 180 Å². The van der Waals surface area contributed by atoms with Crippen molar-refractivity contribution in [3.63, 3.8) is 0 Å². The molecule has 6 nitrogen and oxygen atoms in total. The van der Waals surface area contributed by atoms with Gasteiger partial charge in [0.2, 0.25) is 5.91 Å². The highest BCUT2D eigenvalue weighted by Gasteiger charge is 2.43. The Balaban J connectivity index is 1.53. The van der Waals surface area contributed by atoms with Crippen molar-refractivity contribution in [2.24, 2.45) is 11.0 Å². The number of amides is 1. The standard InChI is InChI=1S/C25H21N3O3/c29-25(22-17-21(22)18-9-3-1-4-10-18)27-26-23(19-11-5-2-6-12-19)16-15-20-13-7-8-14-24(20)28(30)31/h1-16,21-22H,17H2,(H,27,29)/b16-15+,26-23-. The molecule has 1 aliphatic rings. The summed E-state index contributed by atoms with van der Waals surface area (Å²) in [5.41, 5.74) is 5.64. The second-order valence-electron chi connectivity index (χ2n) is 7.35. The molecule has 1 fully saturated rings. The molecule has 2 unspecified atom stereocenters. The molecule has 1 N–H and O–H groups in total. The first-order chi connectivity index (χ1) is 15.1. The fraction of sp³-hybridized carbons (Fsp3) is 0.120. The number of nitro groups is 1. The van der Waals surface area contributed by atoms with Crippen LogP contribution in [0.3, 0.4) is 0 Å². The van der Waals surface area contributed by atoms with E-state index in [0.717, 1.165) is 17.5 Å². The summed E-state index contributed by atoms with van der Waals surface area (Å²) in [6.07, 6.45) is 4.12. The summed E-state index contributed by atoms with van der Waals surface area (Å²) in [6, 6.07) is 25.9. The van der Waals surface area contributed by atoms with Crippen LogP contribution in [-0.4, -0.2) is 16.5 Å². The highest BCUT2D eigenvalue weighted by atomic mass is 16.6. The summed E-state index contributed by atoms with van der Waals surface area (Å²) in [7, 11) is 0. The summed E-state index contributed by atoms with van der Waals surface area (Å²) in [6.45, 7) is 0. The number of benzene rings is 3. The Hall–Kier alpha value is -4.06. The van der Waals surface area contributed by atoms with Crippen molar-refractivity contribution in [2.75, 3.05) is 0 Å². The number of rotatable bonds is 7. The molecule has 4 rings (SSSR count). The smallest absolute Gasteiger partial charge is 0.273 e. The van der Waals surface area contributed by atoms with Gasteiger partial charge in [-0.3, -0.25) is 14.9 Å².